The van der Waals surface area contributed by atoms with Crippen molar-refractivity contribution in [3.8, 4) is 0 Å². The van der Waals surface area contributed by atoms with Crippen molar-refractivity contribution in [2.24, 2.45) is 5.92 Å². The van der Waals surface area contributed by atoms with E-state index in [1.165, 1.54) is 37.0 Å². The van der Waals surface area contributed by atoms with Crippen LogP contribution >= 0.6 is 11.3 Å². The number of aromatic nitrogens is 1. The first-order valence-electron chi connectivity index (χ1n) is 8.16. The van der Waals surface area contributed by atoms with Crippen LogP contribution in [-0.2, 0) is 11.4 Å². The molecular formula is C18H22N2O2S. The monoisotopic (exact) mass is 330 g/mol. The van der Waals surface area contributed by atoms with Crippen molar-refractivity contribution in [2.75, 3.05) is 5.32 Å². The molecule has 1 saturated carbocycles. The largest absolute Gasteiger partial charge is 0.392 e. The van der Waals surface area contributed by atoms with Crippen molar-refractivity contribution in [3.63, 3.8) is 0 Å². The summed E-state index contributed by atoms with van der Waals surface area (Å²) < 4.78 is 0. The molecule has 1 atom stereocenters. The number of rotatable bonds is 6. The number of nitrogens with zero attached hydrogens (tertiary/aromatic N) is 1. The van der Waals surface area contributed by atoms with Gasteiger partial charge in [0, 0.05) is 11.6 Å². The van der Waals surface area contributed by atoms with Gasteiger partial charge in [-0.05, 0) is 23.5 Å². The lowest BCUT2D eigenvalue weighted by Crippen LogP contribution is -2.23. The Hall–Kier alpha value is -1.72. The molecule has 1 aromatic carbocycles. The Labute approximate surface area is 140 Å². The van der Waals surface area contributed by atoms with Gasteiger partial charge in [0.1, 0.15) is 0 Å². The molecule has 0 bridgehead atoms. The smallest absolute Gasteiger partial charge is 0.233 e. The maximum absolute atomic E-state index is 12.8. The third-order valence-corrected chi connectivity index (χ3v) is 5.28. The number of hydrogen-bond donors (Lipinski definition) is 2. The molecule has 1 heterocycles. The van der Waals surface area contributed by atoms with E-state index in [4.69, 9.17) is 0 Å². The second-order valence-corrected chi connectivity index (χ2v) is 7.06. The van der Waals surface area contributed by atoms with Crippen molar-refractivity contribution < 1.29 is 9.90 Å². The third-order valence-electron chi connectivity index (χ3n) is 4.59. The zero-order chi connectivity index (χ0) is 16.1. The van der Waals surface area contributed by atoms with E-state index in [2.05, 4.69) is 10.3 Å². The molecule has 3 rings (SSSR count). The number of carbonyl (C=O) groups excluding carboxylic acids is 1. The molecule has 4 nitrogen and oxygen atoms in total. The molecule has 5 heteroatoms. The molecule has 1 aliphatic rings. The summed E-state index contributed by atoms with van der Waals surface area (Å²) in [6.07, 6.45) is 7.56. The number of carbonyl (C=O) groups is 1. The van der Waals surface area contributed by atoms with Gasteiger partial charge >= 0.3 is 0 Å². The van der Waals surface area contributed by atoms with Crippen molar-refractivity contribution in [2.45, 2.75) is 44.6 Å². The first-order valence-corrected chi connectivity index (χ1v) is 9.04. The summed E-state index contributed by atoms with van der Waals surface area (Å²) in [5.41, 5.74) is 1.89. The number of aliphatic hydroxyl groups is 1. The van der Waals surface area contributed by atoms with Crippen LogP contribution in [0.25, 0.3) is 0 Å². The zero-order valence-corrected chi connectivity index (χ0v) is 13.9. The molecule has 1 amide bonds. The van der Waals surface area contributed by atoms with Gasteiger partial charge in [-0.2, -0.15) is 0 Å². The lowest BCUT2D eigenvalue weighted by atomic mass is 9.87. The highest BCUT2D eigenvalue weighted by atomic mass is 32.1. The first-order chi connectivity index (χ1) is 11.3. The fourth-order valence-corrected chi connectivity index (χ4v) is 3.84. The number of hydrogen-bond acceptors (Lipinski definition) is 4. The Morgan fingerprint density at radius 1 is 1.30 bits per heavy atom. The quantitative estimate of drug-likeness (QED) is 0.843. The Morgan fingerprint density at radius 2 is 2.04 bits per heavy atom. The van der Waals surface area contributed by atoms with Gasteiger partial charge in [-0.25, -0.2) is 4.98 Å². The van der Waals surface area contributed by atoms with Gasteiger partial charge < -0.3 is 10.4 Å². The molecule has 0 spiro atoms. The molecule has 2 aromatic rings. The summed E-state index contributed by atoms with van der Waals surface area (Å²) >= 11 is 1.44. The fraction of sp³-hybridized carbons (Fsp3) is 0.444. The lowest BCUT2D eigenvalue weighted by Gasteiger charge is -2.20. The SMILES string of the molecule is O=C(Nc1nccs1)C(CC1CCCC1)c1ccc(CO)cc1. The second kappa shape index (κ2) is 7.70. The molecule has 0 aliphatic heterocycles. The van der Waals surface area contributed by atoms with E-state index in [1.54, 1.807) is 6.20 Å². The number of amides is 1. The van der Waals surface area contributed by atoms with Crippen molar-refractivity contribution in [1.29, 1.82) is 0 Å². The van der Waals surface area contributed by atoms with Crippen molar-refractivity contribution in [1.82, 2.24) is 4.98 Å². The maximum Gasteiger partial charge on any atom is 0.233 e. The van der Waals surface area contributed by atoms with Crippen LogP contribution in [0.1, 0.15) is 49.1 Å². The van der Waals surface area contributed by atoms with Crippen LogP contribution in [0, 0.1) is 5.92 Å². The van der Waals surface area contributed by atoms with E-state index in [1.807, 2.05) is 29.6 Å². The summed E-state index contributed by atoms with van der Waals surface area (Å²) in [4.78, 5) is 16.9. The Bertz CT molecular complexity index is 619. The molecule has 1 unspecified atom stereocenters. The summed E-state index contributed by atoms with van der Waals surface area (Å²) in [6.45, 7) is 0.0267. The highest BCUT2D eigenvalue weighted by Crippen LogP contribution is 2.35. The van der Waals surface area contributed by atoms with E-state index < -0.39 is 0 Å². The predicted octanol–water partition coefficient (Wildman–Crippen LogP) is 3.94. The number of nitrogens with one attached hydrogen (secondary N) is 1. The molecule has 0 radical (unpaired) electrons. The van der Waals surface area contributed by atoms with E-state index in [0.717, 1.165) is 17.5 Å². The van der Waals surface area contributed by atoms with E-state index in [9.17, 15) is 9.90 Å². The van der Waals surface area contributed by atoms with Crippen LogP contribution in [0.5, 0.6) is 0 Å². The molecule has 1 aromatic heterocycles. The van der Waals surface area contributed by atoms with Crippen LogP contribution in [0.3, 0.4) is 0 Å². The third kappa shape index (κ3) is 4.18. The highest BCUT2D eigenvalue weighted by molar-refractivity contribution is 7.13. The van der Waals surface area contributed by atoms with Crippen LogP contribution < -0.4 is 5.32 Å². The molecule has 2 N–H and O–H groups in total. The van der Waals surface area contributed by atoms with Crippen LogP contribution in [0.2, 0.25) is 0 Å². The van der Waals surface area contributed by atoms with Crippen LogP contribution in [-0.4, -0.2) is 16.0 Å². The molecule has 0 saturated heterocycles. The molecule has 1 aliphatic carbocycles. The lowest BCUT2D eigenvalue weighted by molar-refractivity contribution is -0.118. The number of anilines is 1. The second-order valence-electron chi connectivity index (χ2n) is 6.16. The minimum Gasteiger partial charge on any atom is -0.392 e. The summed E-state index contributed by atoms with van der Waals surface area (Å²) in [7, 11) is 0. The molecule has 23 heavy (non-hydrogen) atoms. The van der Waals surface area contributed by atoms with E-state index in [-0.39, 0.29) is 18.4 Å². The van der Waals surface area contributed by atoms with E-state index >= 15 is 0 Å². The number of thiazole rings is 1. The van der Waals surface area contributed by atoms with Gasteiger partial charge in [-0.3, -0.25) is 4.79 Å². The van der Waals surface area contributed by atoms with Gasteiger partial charge in [0.25, 0.3) is 0 Å². The summed E-state index contributed by atoms with van der Waals surface area (Å²) in [6, 6.07) is 7.72. The molecular weight excluding hydrogens is 308 g/mol. The van der Waals surface area contributed by atoms with Crippen molar-refractivity contribution in [3.05, 3.63) is 47.0 Å². The van der Waals surface area contributed by atoms with Crippen LogP contribution in [0.15, 0.2) is 35.8 Å². The minimum atomic E-state index is -0.158. The van der Waals surface area contributed by atoms with Gasteiger partial charge in [-0.1, -0.05) is 49.9 Å². The van der Waals surface area contributed by atoms with Crippen LogP contribution in [0.4, 0.5) is 5.13 Å². The minimum absolute atomic E-state index is 0.0172. The highest BCUT2D eigenvalue weighted by Gasteiger charge is 2.27. The van der Waals surface area contributed by atoms with E-state index in [0.29, 0.717) is 11.0 Å². The Morgan fingerprint density at radius 3 is 2.65 bits per heavy atom. The van der Waals surface area contributed by atoms with Gasteiger partial charge in [0.15, 0.2) is 5.13 Å². The fourth-order valence-electron chi connectivity index (χ4n) is 3.31. The average molecular weight is 330 g/mol. The van der Waals surface area contributed by atoms with Gasteiger partial charge in [0.2, 0.25) is 5.91 Å². The Kier molecular flexibility index (Phi) is 5.41. The Balaban J connectivity index is 1.77. The van der Waals surface area contributed by atoms with Gasteiger partial charge in [0.05, 0.1) is 12.5 Å². The topological polar surface area (TPSA) is 62.2 Å². The number of benzene rings is 1. The van der Waals surface area contributed by atoms with Crippen molar-refractivity contribution >= 4 is 22.4 Å². The first kappa shape index (κ1) is 16.1. The summed E-state index contributed by atoms with van der Waals surface area (Å²) in [5.74, 6) is 0.484. The molecule has 122 valence electrons. The number of aliphatic hydroxyl groups excluding tert-OH is 1. The van der Waals surface area contributed by atoms with Gasteiger partial charge in [-0.15, -0.1) is 11.3 Å². The normalized spacial score (nSPS) is 16.4. The zero-order valence-electron chi connectivity index (χ0n) is 13.1. The average Bonchev–Trinajstić information content (AvgIpc) is 3.26. The standard InChI is InChI=1S/C18H22N2O2S/c21-12-14-5-7-15(8-6-14)16(11-13-3-1-2-4-13)17(22)20-18-19-9-10-23-18/h5-10,13,16,21H,1-4,11-12H2,(H,19,20,22). The summed E-state index contributed by atoms with van der Waals surface area (Å²) in [5, 5.41) is 14.6. The predicted molar refractivity (Wildman–Crippen MR) is 92.4 cm³/mol. The maximum atomic E-state index is 12.8. The molecule has 1 fully saturated rings.